The summed E-state index contributed by atoms with van der Waals surface area (Å²) in [6, 6.07) is 4.57. The molecule has 0 aromatic carbocycles. The van der Waals surface area contributed by atoms with E-state index in [-0.39, 0.29) is 11.6 Å². The number of nitrogens with zero attached hydrogens (tertiary/aromatic N) is 2. The lowest BCUT2D eigenvalue weighted by atomic mass is 9.74. The molecular weight excluding hydrogens is 260 g/mol. The van der Waals surface area contributed by atoms with Crippen LogP contribution in [0, 0.1) is 0 Å². The summed E-state index contributed by atoms with van der Waals surface area (Å²) in [5.74, 6) is 5.93. The first-order valence-electron chi connectivity index (χ1n) is 8.19. The van der Waals surface area contributed by atoms with Gasteiger partial charge in [-0.15, -0.1) is 0 Å². The fourth-order valence-corrected chi connectivity index (χ4v) is 3.67. The molecule has 0 saturated heterocycles. The summed E-state index contributed by atoms with van der Waals surface area (Å²) in [5, 5.41) is 0. The van der Waals surface area contributed by atoms with Crippen LogP contribution >= 0.6 is 0 Å². The Balaban J connectivity index is 2.16. The molecule has 0 radical (unpaired) electrons. The molecule has 1 aromatic rings. The van der Waals surface area contributed by atoms with Crippen LogP contribution in [-0.4, -0.2) is 35.6 Å². The highest BCUT2D eigenvalue weighted by molar-refractivity contribution is 5.16. The van der Waals surface area contributed by atoms with E-state index in [1.165, 1.54) is 37.7 Å². The van der Waals surface area contributed by atoms with Gasteiger partial charge in [0.15, 0.2) is 0 Å². The summed E-state index contributed by atoms with van der Waals surface area (Å²) >= 11 is 0. The maximum Gasteiger partial charge on any atom is 0.0449 e. The number of nitrogens with one attached hydrogen (secondary N) is 1. The second-order valence-corrected chi connectivity index (χ2v) is 6.49. The van der Waals surface area contributed by atoms with Crippen LogP contribution in [0.25, 0.3) is 0 Å². The lowest BCUT2D eigenvalue weighted by molar-refractivity contribution is 0.0565. The van der Waals surface area contributed by atoms with Crippen molar-refractivity contribution >= 4 is 0 Å². The molecule has 1 unspecified atom stereocenters. The van der Waals surface area contributed by atoms with Gasteiger partial charge in [0.05, 0.1) is 0 Å². The van der Waals surface area contributed by atoms with Crippen molar-refractivity contribution in [1.29, 1.82) is 0 Å². The van der Waals surface area contributed by atoms with Gasteiger partial charge in [0, 0.05) is 29.9 Å². The lowest BCUT2D eigenvalue weighted by Gasteiger charge is -2.48. The molecule has 1 saturated carbocycles. The normalized spacial score (nSPS) is 19.7. The summed E-state index contributed by atoms with van der Waals surface area (Å²) in [4.78, 5) is 6.98. The fourth-order valence-electron chi connectivity index (χ4n) is 3.67. The van der Waals surface area contributed by atoms with E-state index >= 15 is 0 Å². The summed E-state index contributed by atoms with van der Waals surface area (Å²) in [6.07, 6.45) is 10.3. The molecule has 1 atom stereocenters. The first-order valence-corrected chi connectivity index (χ1v) is 8.19. The average molecular weight is 290 g/mol. The van der Waals surface area contributed by atoms with E-state index in [1.807, 2.05) is 6.20 Å². The van der Waals surface area contributed by atoms with Crippen LogP contribution in [0.3, 0.4) is 0 Å². The summed E-state index contributed by atoms with van der Waals surface area (Å²) in [6.45, 7) is 2.16. The van der Waals surface area contributed by atoms with Gasteiger partial charge in [-0.2, -0.15) is 0 Å². The van der Waals surface area contributed by atoms with Crippen molar-refractivity contribution < 1.29 is 0 Å². The molecule has 1 heterocycles. The molecule has 0 bridgehead atoms. The van der Waals surface area contributed by atoms with Gasteiger partial charge in [0.1, 0.15) is 0 Å². The minimum atomic E-state index is 0.151. The van der Waals surface area contributed by atoms with E-state index < -0.39 is 0 Å². The van der Waals surface area contributed by atoms with E-state index in [2.05, 4.69) is 48.5 Å². The Morgan fingerprint density at radius 1 is 1.29 bits per heavy atom. The van der Waals surface area contributed by atoms with E-state index in [1.54, 1.807) is 0 Å². The van der Waals surface area contributed by atoms with Gasteiger partial charge >= 0.3 is 0 Å². The predicted molar refractivity (Wildman–Crippen MR) is 87.9 cm³/mol. The number of nitrogens with two attached hydrogens (primary N) is 1. The maximum absolute atomic E-state index is 5.93. The molecule has 118 valence electrons. The van der Waals surface area contributed by atoms with Gasteiger partial charge in [0.25, 0.3) is 0 Å². The van der Waals surface area contributed by atoms with Crippen molar-refractivity contribution in [1.82, 2.24) is 15.3 Å². The molecule has 1 aromatic heterocycles. The third-order valence-electron chi connectivity index (χ3n) is 5.17. The number of hydrogen-bond acceptors (Lipinski definition) is 4. The van der Waals surface area contributed by atoms with Gasteiger partial charge in [-0.1, -0.05) is 32.3 Å². The van der Waals surface area contributed by atoms with Gasteiger partial charge in [-0.05, 0) is 45.0 Å². The first-order chi connectivity index (χ1) is 10.1. The minimum absolute atomic E-state index is 0.151. The molecule has 2 rings (SSSR count). The van der Waals surface area contributed by atoms with Crippen LogP contribution in [0.2, 0.25) is 0 Å². The van der Waals surface area contributed by atoms with Crippen molar-refractivity contribution in [3.63, 3.8) is 0 Å². The molecule has 0 spiro atoms. The minimum Gasteiger partial charge on any atom is -0.302 e. The average Bonchev–Trinajstić information content (AvgIpc) is 2.53. The Hall–Kier alpha value is -0.970. The van der Waals surface area contributed by atoms with Crippen molar-refractivity contribution in [2.75, 3.05) is 14.1 Å². The Kier molecular flexibility index (Phi) is 5.73. The molecule has 21 heavy (non-hydrogen) atoms. The van der Waals surface area contributed by atoms with Crippen molar-refractivity contribution in [3.8, 4) is 0 Å². The van der Waals surface area contributed by atoms with Crippen molar-refractivity contribution in [3.05, 3.63) is 29.6 Å². The quantitative estimate of drug-likeness (QED) is 0.623. The zero-order chi connectivity index (χ0) is 15.3. The molecule has 0 aliphatic heterocycles. The van der Waals surface area contributed by atoms with Gasteiger partial charge in [-0.25, -0.2) is 0 Å². The van der Waals surface area contributed by atoms with Crippen LogP contribution in [-0.2, 0) is 12.8 Å². The van der Waals surface area contributed by atoms with Gasteiger partial charge in [0.2, 0.25) is 0 Å². The Morgan fingerprint density at radius 2 is 2.00 bits per heavy atom. The number of pyridine rings is 1. The second kappa shape index (κ2) is 7.34. The largest absolute Gasteiger partial charge is 0.302 e. The Labute approximate surface area is 129 Å². The van der Waals surface area contributed by atoms with E-state index in [9.17, 15) is 0 Å². The van der Waals surface area contributed by atoms with Crippen molar-refractivity contribution in [2.45, 2.75) is 63.5 Å². The second-order valence-electron chi connectivity index (χ2n) is 6.49. The highest BCUT2D eigenvalue weighted by atomic mass is 15.3. The number of hydrazine groups is 1. The van der Waals surface area contributed by atoms with Crippen LogP contribution in [0.1, 0.15) is 50.3 Å². The highest BCUT2D eigenvalue weighted by Crippen LogP contribution is 2.36. The Bertz CT molecular complexity index is 421. The smallest absolute Gasteiger partial charge is 0.0449 e. The topological polar surface area (TPSA) is 54.2 Å². The Morgan fingerprint density at radius 3 is 2.48 bits per heavy atom. The van der Waals surface area contributed by atoms with Gasteiger partial charge < -0.3 is 4.90 Å². The number of rotatable bonds is 6. The molecule has 3 N–H and O–H groups in total. The predicted octanol–water partition coefficient (Wildman–Crippen LogP) is 2.28. The molecular formula is C17H30N4. The number of likely N-dealkylation sites (N-methyl/N-ethyl adjacent to an activating group) is 1. The lowest BCUT2D eigenvalue weighted by Crippen LogP contribution is -2.62. The van der Waals surface area contributed by atoms with Gasteiger partial charge in [-0.3, -0.25) is 16.3 Å². The summed E-state index contributed by atoms with van der Waals surface area (Å²) in [5.41, 5.74) is 5.66. The van der Waals surface area contributed by atoms with Crippen molar-refractivity contribution in [2.24, 2.45) is 5.84 Å². The third kappa shape index (κ3) is 3.62. The number of aryl methyl sites for hydroxylation is 1. The molecule has 1 aliphatic carbocycles. The molecule has 4 heteroatoms. The van der Waals surface area contributed by atoms with Crippen LogP contribution in [0.5, 0.6) is 0 Å². The maximum atomic E-state index is 5.93. The summed E-state index contributed by atoms with van der Waals surface area (Å²) in [7, 11) is 4.37. The molecule has 0 amide bonds. The van der Waals surface area contributed by atoms with E-state index in [4.69, 9.17) is 5.84 Å². The fraction of sp³-hybridized carbons (Fsp3) is 0.706. The highest BCUT2D eigenvalue weighted by Gasteiger charge is 2.41. The first kappa shape index (κ1) is 16.4. The van der Waals surface area contributed by atoms with Crippen LogP contribution in [0.15, 0.2) is 18.3 Å². The zero-order valence-corrected chi connectivity index (χ0v) is 13.7. The third-order valence-corrected chi connectivity index (χ3v) is 5.17. The van der Waals surface area contributed by atoms with E-state index in [0.29, 0.717) is 0 Å². The van der Waals surface area contributed by atoms with Crippen LogP contribution in [0.4, 0.5) is 0 Å². The van der Waals surface area contributed by atoms with Crippen LogP contribution < -0.4 is 11.3 Å². The number of aromatic nitrogens is 1. The monoisotopic (exact) mass is 290 g/mol. The number of hydrogen-bond donors (Lipinski definition) is 2. The molecule has 4 nitrogen and oxygen atoms in total. The van der Waals surface area contributed by atoms with E-state index in [0.717, 1.165) is 18.5 Å². The SMILES string of the molecule is CCc1ccc(CC(NN)C2(N(C)C)CCCCC2)nc1. The standard InChI is InChI=1S/C17H30N4/c1-4-14-8-9-15(19-13-14)12-16(20-18)17(21(2)3)10-6-5-7-11-17/h8-9,13,16,20H,4-7,10-12,18H2,1-3H3. The molecule has 1 fully saturated rings. The molecule has 1 aliphatic rings. The zero-order valence-electron chi connectivity index (χ0n) is 13.7. The summed E-state index contributed by atoms with van der Waals surface area (Å²) < 4.78 is 0.